The van der Waals surface area contributed by atoms with Gasteiger partial charge < -0.3 is 4.90 Å². The molecule has 0 saturated carbocycles. The predicted molar refractivity (Wildman–Crippen MR) is 62.8 cm³/mol. The quantitative estimate of drug-likeness (QED) is 0.506. The highest BCUT2D eigenvalue weighted by molar-refractivity contribution is 4.78. The van der Waals surface area contributed by atoms with Crippen LogP contribution >= 0.6 is 0 Å². The minimum Gasteiger partial charge on any atom is -0.312 e. The molecule has 0 fully saturated rings. The fourth-order valence-electron chi connectivity index (χ4n) is 0. The Balaban J connectivity index is -0.0000000389. The standard InChI is InChI=1S/C4H8.C3H9N.C3H8.CH4/c2*1-4(2)3;1-3-2;/h1H2,2-3H3;1-3H3;3H2,1-2H3;1H4. The van der Waals surface area contributed by atoms with Crippen molar-refractivity contribution in [3.63, 3.8) is 0 Å². The van der Waals surface area contributed by atoms with E-state index in [1.165, 1.54) is 12.0 Å². The molecule has 1 nitrogen and oxygen atoms in total. The first-order valence-corrected chi connectivity index (χ1v) is 4.11. The Bertz CT molecular complexity index is 58.6. The molecular weight excluding hydrogens is 146 g/mol. The molecule has 0 aromatic rings. The molecule has 0 N–H and O–H groups in total. The van der Waals surface area contributed by atoms with Gasteiger partial charge in [0.05, 0.1) is 0 Å². The Morgan fingerprint density at radius 1 is 1.08 bits per heavy atom. The zero-order valence-corrected chi connectivity index (χ0v) is 9.36. The number of rotatable bonds is 0. The Kier molecular flexibility index (Phi) is 42.2. The van der Waals surface area contributed by atoms with Gasteiger partial charge >= 0.3 is 0 Å². The van der Waals surface area contributed by atoms with E-state index in [0.717, 1.165) is 0 Å². The maximum atomic E-state index is 3.56. The van der Waals surface area contributed by atoms with Crippen LogP contribution in [-0.4, -0.2) is 26.0 Å². The van der Waals surface area contributed by atoms with Crippen molar-refractivity contribution in [1.82, 2.24) is 4.90 Å². The molecule has 1 heteroatoms. The summed E-state index contributed by atoms with van der Waals surface area (Å²) in [6.07, 6.45) is 1.25. The lowest BCUT2D eigenvalue weighted by Gasteiger charge is -1.90. The molecule has 0 atom stereocenters. The summed E-state index contributed by atoms with van der Waals surface area (Å²) in [6.45, 7) is 11.8. The first-order chi connectivity index (χ1) is 4.88. The fourth-order valence-corrected chi connectivity index (χ4v) is 0. The Morgan fingerprint density at radius 3 is 1.08 bits per heavy atom. The van der Waals surface area contributed by atoms with Crippen molar-refractivity contribution >= 4 is 0 Å². The molecule has 0 rings (SSSR count). The van der Waals surface area contributed by atoms with Crippen LogP contribution in [0.3, 0.4) is 0 Å². The van der Waals surface area contributed by atoms with Crippen LogP contribution in [0.25, 0.3) is 0 Å². The molecule has 0 unspecified atom stereocenters. The summed E-state index contributed by atoms with van der Waals surface area (Å²) < 4.78 is 0. The van der Waals surface area contributed by atoms with E-state index in [1.54, 1.807) is 0 Å². The second-order valence-corrected chi connectivity index (χ2v) is 3.26. The van der Waals surface area contributed by atoms with Gasteiger partial charge in [0, 0.05) is 0 Å². The molecule has 0 heterocycles. The summed E-state index contributed by atoms with van der Waals surface area (Å²) >= 11 is 0. The average Bonchev–Trinajstić information content (AvgIpc) is 1.60. The van der Waals surface area contributed by atoms with Crippen molar-refractivity contribution in [3.8, 4) is 0 Å². The third-order valence-corrected chi connectivity index (χ3v) is 0. The molecule has 0 aliphatic heterocycles. The maximum absolute atomic E-state index is 3.56. The van der Waals surface area contributed by atoms with Crippen molar-refractivity contribution in [2.75, 3.05) is 21.1 Å². The maximum Gasteiger partial charge on any atom is -0.0140 e. The predicted octanol–water partition coefficient (Wildman–Crippen LogP) is 3.81. The third-order valence-electron chi connectivity index (χ3n) is 0. The van der Waals surface area contributed by atoms with E-state index in [1.807, 2.05) is 39.9 Å². The van der Waals surface area contributed by atoms with Crippen LogP contribution < -0.4 is 0 Å². The first kappa shape index (κ1) is 22.6. The van der Waals surface area contributed by atoms with Crippen molar-refractivity contribution < 1.29 is 0 Å². The topological polar surface area (TPSA) is 3.24 Å². The van der Waals surface area contributed by atoms with E-state index >= 15 is 0 Å². The number of nitrogens with zero attached hydrogens (tertiary/aromatic N) is 1. The van der Waals surface area contributed by atoms with Crippen LogP contribution in [0.1, 0.15) is 41.5 Å². The molecule has 0 radical (unpaired) electrons. The molecule has 0 saturated heterocycles. The molecule has 78 valence electrons. The highest BCUT2D eigenvalue weighted by Crippen LogP contribution is 1.73. The molecule has 0 amide bonds. The molecule has 0 spiro atoms. The molecule has 0 aliphatic rings. The van der Waals surface area contributed by atoms with Crippen molar-refractivity contribution in [2.24, 2.45) is 0 Å². The van der Waals surface area contributed by atoms with Gasteiger partial charge in [0.15, 0.2) is 0 Å². The lowest BCUT2D eigenvalue weighted by atomic mass is 10.4. The van der Waals surface area contributed by atoms with E-state index < -0.39 is 0 Å². The summed E-state index contributed by atoms with van der Waals surface area (Å²) in [7, 11) is 6.00. The molecular formula is C11H29N. The van der Waals surface area contributed by atoms with Gasteiger partial charge in [-0.25, -0.2) is 0 Å². The van der Waals surface area contributed by atoms with Crippen LogP contribution in [0, 0.1) is 0 Å². The van der Waals surface area contributed by atoms with Gasteiger partial charge in [-0.1, -0.05) is 33.3 Å². The molecule has 12 heavy (non-hydrogen) atoms. The van der Waals surface area contributed by atoms with Gasteiger partial charge in [0.1, 0.15) is 0 Å². The first-order valence-electron chi connectivity index (χ1n) is 4.11. The van der Waals surface area contributed by atoms with Crippen molar-refractivity contribution in [1.29, 1.82) is 0 Å². The second kappa shape index (κ2) is 22.4. The number of allylic oxidation sites excluding steroid dienone is 1. The van der Waals surface area contributed by atoms with Crippen molar-refractivity contribution in [3.05, 3.63) is 12.2 Å². The smallest absolute Gasteiger partial charge is 0.0140 e. The minimum atomic E-state index is 0. The summed E-state index contributed by atoms with van der Waals surface area (Å²) in [5.74, 6) is 0. The second-order valence-electron chi connectivity index (χ2n) is 3.26. The van der Waals surface area contributed by atoms with Gasteiger partial charge in [-0.3, -0.25) is 0 Å². The van der Waals surface area contributed by atoms with Crippen LogP contribution in [0.4, 0.5) is 0 Å². The summed E-state index contributed by atoms with van der Waals surface area (Å²) in [6, 6.07) is 0. The molecule has 0 aliphatic carbocycles. The van der Waals surface area contributed by atoms with Gasteiger partial charge in [-0.15, -0.1) is 6.58 Å². The third kappa shape index (κ3) is 8160. The van der Waals surface area contributed by atoms with E-state index in [9.17, 15) is 0 Å². The SMILES string of the molecule is C.C=C(C)C.CCC.CN(C)C. The summed E-state index contributed by atoms with van der Waals surface area (Å²) in [4.78, 5) is 2.00. The largest absolute Gasteiger partial charge is 0.312 e. The Labute approximate surface area is 80.5 Å². The van der Waals surface area contributed by atoms with Gasteiger partial charge in [0.25, 0.3) is 0 Å². The highest BCUT2D eigenvalue weighted by Gasteiger charge is 1.58. The number of hydrogen-bond acceptors (Lipinski definition) is 1. The van der Waals surface area contributed by atoms with E-state index in [0.29, 0.717) is 0 Å². The van der Waals surface area contributed by atoms with Gasteiger partial charge in [0.2, 0.25) is 0 Å². The molecule has 0 bridgehead atoms. The van der Waals surface area contributed by atoms with Crippen LogP contribution in [-0.2, 0) is 0 Å². The Morgan fingerprint density at radius 2 is 1.08 bits per heavy atom. The van der Waals surface area contributed by atoms with Crippen LogP contribution in [0.2, 0.25) is 0 Å². The van der Waals surface area contributed by atoms with E-state index in [2.05, 4.69) is 20.4 Å². The van der Waals surface area contributed by atoms with Crippen LogP contribution in [0.15, 0.2) is 12.2 Å². The lowest BCUT2D eigenvalue weighted by molar-refractivity contribution is 0.505. The van der Waals surface area contributed by atoms with Crippen molar-refractivity contribution in [2.45, 2.75) is 41.5 Å². The average molecular weight is 175 g/mol. The summed E-state index contributed by atoms with van der Waals surface area (Å²) in [5.41, 5.74) is 1.17. The molecule has 0 aromatic carbocycles. The Hall–Kier alpha value is -0.300. The highest BCUT2D eigenvalue weighted by atomic mass is 15.0. The van der Waals surface area contributed by atoms with E-state index in [-0.39, 0.29) is 7.43 Å². The molecule has 0 aromatic heterocycles. The number of hydrogen-bond donors (Lipinski definition) is 0. The lowest BCUT2D eigenvalue weighted by Crippen LogP contribution is -1.99. The van der Waals surface area contributed by atoms with Gasteiger partial charge in [-0.2, -0.15) is 0 Å². The zero-order chi connectivity index (χ0) is 9.86. The monoisotopic (exact) mass is 175 g/mol. The van der Waals surface area contributed by atoms with Crippen LogP contribution in [0.5, 0.6) is 0 Å². The summed E-state index contributed by atoms with van der Waals surface area (Å²) in [5, 5.41) is 0. The zero-order valence-electron chi connectivity index (χ0n) is 9.36. The minimum absolute atomic E-state index is 0. The normalized spacial score (nSPS) is 6.67. The van der Waals surface area contributed by atoms with Gasteiger partial charge in [-0.05, 0) is 35.0 Å². The fraction of sp³-hybridized carbons (Fsp3) is 0.818. The van der Waals surface area contributed by atoms with E-state index in [4.69, 9.17) is 0 Å².